The largest absolute Gasteiger partial charge is 0.383 e. The monoisotopic (exact) mass is 279 g/mol. The van der Waals surface area contributed by atoms with Crippen molar-refractivity contribution in [1.82, 2.24) is 4.98 Å². The van der Waals surface area contributed by atoms with Gasteiger partial charge in [-0.2, -0.15) is 0 Å². The molecule has 2 atom stereocenters. The van der Waals surface area contributed by atoms with Crippen LogP contribution in [0.1, 0.15) is 38.3 Å². The third-order valence-corrected chi connectivity index (χ3v) is 3.68. The number of aromatic nitrogens is 1. The molecule has 0 aliphatic heterocycles. The van der Waals surface area contributed by atoms with Crippen LogP contribution in [0.25, 0.3) is 0 Å². The quantitative estimate of drug-likeness (QED) is 0.794. The molecule has 114 valence electrons. The van der Waals surface area contributed by atoms with E-state index < -0.39 is 0 Å². The van der Waals surface area contributed by atoms with E-state index >= 15 is 0 Å². The van der Waals surface area contributed by atoms with Crippen molar-refractivity contribution in [1.29, 1.82) is 0 Å². The molecule has 1 aromatic heterocycles. The maximum absolute atomic E-state index is 6.01. The molecular formula is C16H29N3O. The lowest BCUT2D eigenvalue weighted by Crippen LogP contribution is -2.37. The Bertz CT molecular complexity index is 409. The molecule has 1 heterocycles. The van der Waals surface area contributed by atoms with Gasteiger partial charge in [0.1, 0.15) is 5.82 Å². The average Bonchev–Trinajstić information content (AvgIpc) is 2.42. The Morgan fingerprint density at radius 3 is 2.60 bits per heavy atom. The van der Waals surface area contributed by atoms with E-state index in [0.717, 1.165) is 25.2 Å². The summed E-state index contributed by atoms with van der Waals surface area (Å²) in [5, 5.41) is 0. The number of rotatable bonds is 8. The minimum Gasteiger partial charge on any atom is -0.383 e. The first-order valence-corrected chi connectivity index (χ1v) is 7.50. The van der Waals surface area contributed by atoms with Crippen LogP contribution in [0.15, 0.2) is 12.3 Å². The number of anilines is 1. The minimum absolute atomic E-state index is 0.219. The Labute approximate surface area is 123 Å². The van der Waals surface area contributed by atoms with Crippen LogP contribution in [-0.2, 0) is 11.2 Å². The highest BCUT2D eigenvalue weighted by molar-refractivity contribution is 5.48. The summed E-state index contributed by atoms with van der Waals surface area (Å²) in [4.78, 5) is 6.94. The molecule has 0 radical (unpaired) electrons. The maximum atomic E-state index is 6.01. The standard InChI is InChI=1S/C16H29N3O/c1-6-15(17)9-14-8-12(3)16(18-10-14)19(7-2)13(4)11-20-5/h8,10,13,15H,6-7,9,11,17H2,1-5H3. The molecule has 0 spiro atoms. The number of hydrogen-bond acceptors (Lipinski definition) is 4. The zero-order valence-electron chi connectivity index (χ0n) is 13.5. The molecule has 2 N–H and O–H groups in total. The first-order chi connectivity index (χ1) is 9.53. The zero-order chi connectivity index (χ0) is 15.1. The molecule has 1 rings (SSSR count). The van der Waals surface area contributed by atoms with E-state index in [1.54, 1.807) is 7.11 Å². The van der Waals surface area contributed by atoms with Crippen LogP contribution in [0.4, 0.5) is 5.82 Å². The van der Waals surface area contributed by atoms with Gasteiger partial charge in [-0.1, -0.05) is 13.0 Å². The van der Waals surface area contributed by atoms with E-state index in [1.807, 2.05) is 6.20 Å². The van der Waals surface area contributed by atoms with Gasteiger partial charge in [0.25, 0.3) is 0 Å². The first kappa shape index (κ1) is 16.9. The van der Waals surface area contributed by atoms with Gasteiger partial charge in [-0.15, -0.1) is 0 Å². The SMILES string of the molecule is CCC(N)Cc1cnc(N(CC)C(C)COC)c(C)c1. The van der Waals surface area contributed by atoms with Crippen LogP contribution in [0, 0.1) is 6.92 Å². The van der Waals surface area contributed by atoms with Crippen molar-refractivity contribution >= 4 is 5.82 Å². The van der Waals surface area contributed by atoms with E-state index in [1.165, 1.54) is 11.1 Å². The van der Waals surface area contributed by atoms with Crippen molar-refractivity contribution in [3.05, 3.63) is 23.4 Å². The van der Waals surface area contributed by atoms with E-state index in [4.69, 9.17) is 10.5 Å². The van der Waals surface area contributed by atoms with Gasteiger partial charge in [0.05, 0.1) is 12.6 Å². The lowest BCUT2D eigenvalue weighted by molar-refractivity contribution is 0.181. The molecule has 2 unspecified atom stereocenters. The van der Waals surface area contributed by atoms with Crippen molar-refractivity contribution in [3.63, 3.8) is 0 Å². The van der Waals surface area contributed by atoms with Crippen molar-refractivity contribution in [2.75, 3.05) is 25.2 Å². The summed E-state index contributed by atoms with van der Waals surface area (Å²) in [7, 11) is 1.74. The molecule has 20 heavy (non-hydrogen) atoms. The Morgan fingerprint density at radius 1 is 1.40 bits per heavy atom. The normalized spacial score (nSPS) is 14.1. The molecule has 0 aliphatic carbocycles. The molecule has 0 saturated heterocycles. The number of pyridine rings is 1. The average molecular weight is 279 g/mol. The summed E-state index contributed by atoms with van der Waals surface area (Å²) in [6.07, 6.45) is 3.84. The fourth-order valence-electron chi connectivity index (χ4n) is 2.49. The van der Waals surface area contributed by atoms with Gasteiger partial charge in [0.2, 0.25) is 0 Å². The number of aryl methyl sites for hydroxylation is 1. The summed E-state index contributed by atoms with van der Waals surface area (Å²) in [6.45, 7) is 10.2. The van der Waals surface area contributed by atoms with Crippen molar-refractivity contribution in [2.24, 2.45) is 5.73 Å². The van der Waals surface area contributed by atoms with E-state index in [9.17, 15) is 0 Å². The lowest BCUT2D eigenvalue weighted by atomic mass is 10.0. The predicted octanol–water partition coefficient (Wildman–Crippen LogP) is 2.53. The second-order valence-electron chi connectivity index (χ2n) is 5.45. The maximum Gasteiger partial charge on any atom is 0.131 e. The predicted molar refractivity (Wildman–Crippen MR) is 85.3 cm³/mol. The smallest absolute Gasteiger partial charge is 0.131 e. The zero-order valence-corrected chi connectivity index (χ0v) is 13.5. The number of ether oxygens (including phenoxy) is 1. The topological polar surface area (TPSA) is 51.4 Å². The van der Waals surface area contributed by atoms with E-state index in [-0.39, 0.29) is 6.04 Å². The second-order valence-corrected chi connectivity index (χ2v) is 5.45. The van der Waals surface area contributed by atoms with Crippen LogP contribution in [0.5, 0.6) is 0 Å². The Balaban J connectivity index is 2.90. The molecule has 0 aliphatic rings. The van der Waals surface area contributed by atoms with Gasteiger partial charge < -0.3 is 15.4 Å². The number of nitrogens with zero attached hydrogens (tertiary/aromatic N) is 2. The van der Waals surface area contributed by atoms with Crippen LogP contribution >= 0.6 is 0 Å². The van der Waals surface area contributed by atoms with E-state index in [0.29, 0.717) is 12.6 Å². The van der Waals surface area contributed by atoms with Gasteiger partial charge in [0, 0.05) is 25.9 Å². The van der Waals surface area contributed by atoms with Gasteiger partial charge in [-0.25, -0.2) is 4.98 Å². The minimum atomic E-state index is 0.219. The summed E-state index contributed by atoms with van der Waals surface area (Å²) in [6, 6.07) is 2.75. The fourth-order valence-corrected chi connectivity index (χ4v) is 2.49. The van der Waals surface area contributed by atoms with Crippen molar-refractivity contribution in [2.45, 2.75) is 52.6 Å². The Hall–Kier alpha value is -1.13. The fraction of sp³-hybridized carbons (Fsp3) is 0.688. The molecule has 1 aromatic rings. The van der Waals surface area contributed by atoms with Crippen LogP contribution in [0.3, 0.4) is 0 Å². The van der Waals surface area contributed by atoms with Crippen molar-refractivity contribution in [3.8, 4) is 0 Å². The third kappa shape index (κ3) is 4.46. The van der Waals surface area contributed by atoms with E-state index in [2.05, 4.69) is 43.6 Å². The molecule has 4 heteroatoms. The van der Waals surface area contributed by atoms with Gasteiger partial charge in [-0.3, -0.25) is 0 Å². The highest BCUT2D eigenvalue weighted by atomic mass is 16.5. The first-order valence-electron chi connectivity index (χ1n) is 7.50. The molecule has 0 fully saturated rings. The van der Waals surface area contributed by atoms with Gasteiger partial charge in [-0.05, 0) is 44.7 Å². The second kappa shape index (κ2) is 8.22. The molecule has 0 amide bonds. The van der Waals surface area contributed by atoms with Crippen LogP contribution in [0.2, 0.25) is 0 Å². The Morgan fingerprint density at radius 2 is 2.10 bits per heavy atom. The summed E-state index contributed by atoms with van der Waals surface area (Å²) >= 11 is 0. The lowest BCUT2D eigenvalue weighted by Gasteiger charge is -2.30. The molecular weight excluding hydrogens is 250 g/mol. The number of hydrogen-bond donors (Lipinski definition) is 1. The molecule has 0 bridgehead atoms. The number of methoxy groups -OCH3 is 1. The molecule has 4 nitrogen and oxygen atoms in total. The third-order valence-electron chi connectivity index (χ3n) is 3.68. The highest BCUT2D eigenvalue weighted by Gasteiger charge is 2.16. The number of likely N-dealkylation sites (N-methyl/N-ethyl adjacent to an activating group) is 1. The van der Waals surface area contributed by atoms with Gasteiger partial charge in [0.15, 0.2) is 0 Å². The summed E-state index contributed by atoms with van der Waals surface area (Å²) in [5.74, 6) is 1.05. The van der Waals surface area contributed by atoms with Crippen LogP contribution in [-0.4, -0.2) is 37.3 Å². The molecule has 0 aromatic carbocycles. The molecule has 0 saturated carbocycles. The highest BCUT2D eigenvalue weighted by Crippen LogP contribution is 2.21. The van der Waals surface area contributed by atoms with Crippen molar-refractivity contribution < 1.29 is 4.74 Å². The van der Waals surface area contributed by atoms with Gasteiger partial charge >= 0.3 is 0 Å². The van der Waals surface area contributed by atoms with Crippen LogP contribution < -0.4 is 10.6 Å². The summed E-state index contributed by atoms with van der Waals surface area (Å²) < 4.78 is 5.25. The Kier molecular flexibility index (Phi) is 6.96. The summed E-state index contributed by atoms with van der Waals surface area (Å²) in [5.41, 5.74) is 8.43. The number of nitrogens with two attached hydrogens (primary N) is 1.